The third kappa shape index (κ3) is 5.29. The van der Waals surface area contributed by atoms with Crippen molar-refractivity contribution >= 4 is 43.7 Å². The molecule has 3 aromatic heterocycles. The summed E-state index contributed by atoms with van der Waals surface area (Å²) in [5, 5.41) is 4.49. The maximum atomic E-state index is 6.78. The second-order valence-corrected chi connectivity index (χ2v) is 14.0. The minimum Gasteiger partial charge on any atom is -0.455 e. The van der Waals surface area contributed by atoms with Crippen molar-refractivity contribution in [3.05, 3.63) is 194 Å². The van der Waals surface area contributed by atoms with Crippen molar-refractivity contribution in [2.75, 3.05) is 0 Å². The lowest BCUT2D eigenvalue weighted by Gasteiger charge is -2.10. The van der Waals surface area contributed by atoms with Gasteiger partial charge < -0.3 is 8.98 Å². The second kappa shape index (κ2) is 13.0. The Labute approximate surface area is 322 Å². The van der Waals surface area contributed by atoms with Crippen LogP contribution in [0.1, 0.15) is 0 Å². The third-order valence-corrected chi connectivity index (χ3v) is 10.7. The molecule has 0 saturated heterocycles. The molecular formula is C51H32N4O. The number of hydrogen-bond donors (Lipinski definition) is 0. The molecule has 5 nitrogen and oxygen atoms in total. The first-order valence-corrected chi connectivity index (χ1v) is 18.8. The quantitative estimate of drug-likeness (QED) is 0.172. The van der Waals surface area contributed by atoms with Crippen LogP contribution in [0.15, 0.2) is 199 Å². The number of para-hydroxylation sites is 3. The van der Waals surface area contributed by atoms with Gasteiger partial charge in [-0.15, -0.1) is 0 Å². The molecule has 0 aliphatic rings. The van der Waals surface area contributed by atoms with E-state index in [1.807, 2.05) is 48.5 Å². The van der Waals surface area contributed by atoms with Crippen LogP contribution in [0.3, 0.4) is 0 Å². The summed E-state index contributed by atoms with van der Waals surface area (Å²) in [6, 6.07) is 67.4. The van der Waals surface area contributed by atoms with Crippen molar-refractivity contribution in [2.24, 2.45) is 0 Å². The van der Waals surface area contributed by atoms with E-state index < -0.39 is 0 Å². The molecule has 11 aromatic rings. The van der Waals surface area contributed by atoms with Gasteiger partial charge in [0.05, 0.1) is 16.6 Å². The molecule has 0 radical (unpaired) electrons. The van der Waals surface area contributed by atoms with Gasteiger partial charge in [-0.05, 0) is 70.8 Å². The Hall–Kier alpha value is -7.63. The Bertz CT molecular complexity index is 3240. The molecule has 262 valence electrons. The van der Waals surface area contributed by atoms with Crippen molar-refractivity contribution in [2.45, 2.75) is 0 Å². The molecule has 0 spiro atoms. The smallest absolute Gasteiger partial charge is 0.167 e. The fourth-order valence-corrected chi connectivity index (χ4v) is 8.07. The number of hydrogen-bond acceptors (Lipinski definition) is 4. The summed E-state index contributed by atoms with van der Waals surface area (Å²) in [4.78, 5) is 15.3. The summed E-state index contributed by atoms with van der Waals surface area (Å²) in [7, 11) is 0. The minimum atomic E-state index is 0.556. The molecule has 0 fully saturated rings. The molecule has 11 rings (SSSR count). The van der Waals surface area contributed by atoms with Gasteiger partial charge in [0.15, 0.2) is 17.5 Å². The first-order chi connectivity index (χ1) is 27.8. The maximum absolute atomic E-state index is 6.78. The van der Waals surface area contributed by atoms with Gasteiger partial charge in [0.1, 0.15) is 11.2 Å². The van der Waals surface area contributed by atoms with Crippen molar-refractivity contribution in [1.29, 1.82) is 0 Å². The lowest BCUT2D eigenvalue weighted by atomic mass is 9.97. The van der Waals surface area contributed by atoms with Crippen molar-refractivity contribution < 1.29 is 4.42 Å². The third-order valence-electron chi connectivity index (χ3n) is 10.7. The van der Waals surface area contributed by atoms with E-state index in [0.717, 1.165) is 66.6 Å². The summed E-state index contributed by atoms with van der Waals surface area (Å²) >= 11 is 0. The Morgan fingerprint density at radius 1 is 0.357 bits per heavy atom. The van der Waals surface area contributed by atoms with Crippen molar-refractivity contribution in [3.63, 3.8) is 0 Å². The summed E-state index contributed by atoms with van der Waals surface area (Å²) in [6.07, 6.45) is 0. The van der Waals surface area contributed by atoms with Crippen LogP contribution >= 0.6 is 0 Å². The number of nitrogens with zero attached hydrogens (tertiary/aromatic N) is 4. The molecule has 0 bridgehead atoms. The maximum Gasteiger partial charge on any atom is 0.167 e. The highest BCUT2D eigenvalue weighted by Crippen LogP contribution is 2.42. The predicted molar refractivity (Wildman–Crippen MR) is 229 cm³/mol. The van der Waals surface area contributed by atoms with Crippen LogP contribution in [-0.2, 0) is 0 Å². The van der Waals surface area contributed by atoms with E-state index in [-0.39, 0.29) is 0 Å². The van der Waals surface area contributed by atoms with Crippen molar-refractivity contribution in [3.8, 4) is 62.1 Å². The zero-order chi connectivity index (χ0) is 37.0. The zero-order valence-corrected chi connectivity index (χ0v) is 30.2. The number of benzene rings is 8. The Morgan fingerprint density at radius 3 is 1.77 bits per heavy atom. The minimum absolute atomic E-state index is 0.556. The largest absolute Gasteiger partial charge is 0.455 e. The van der Waals surface area contributed by atoms with E-state index in [4.69, 9.17) is 19.4 Å². The molecule has 56 heavy (non-hydrogen) atoms. The average molecular weight is 717 g/mol. The molecule has 8 aromatic carbocycles. The van der Waals surface area contributed by atoms with E-state index in [1.54, 1.807) is 0 Å². The lowest BCUT2D eigenvalue weighted by Crippen LogP contribution is -2.00. The number of furan rings is 1. The summed E-state index contributed by atoms with van der Waals surface area (Å²) < 4.78 is 9.13. The van der Waals surface area contributed by atoms with Gasteiger partial charge in [-0.2, -0.15) is 0 Å². The Morgan fingerprint density at radius 2 is 0.946 bits per heavy atom. The summed E-state index contributed by atoms with van der Waals surface area (Å²) in [5.41, 5.74) is 12.1. The van der Waals surface area contributed by atoms with E-state index in [1.165, 1.54) is 21.8 Å². The van der Waals surface area contributed by atoms with Crippen LogP contribution < -0.4 is 0 Å². The van der Waals surface area contributed by atoms with Crippen LogP contribution in [0.5, 0.6) is 0 Å². The first-order valence-electron chi connectivity index (χ1n) is 18.8. The highest BCUT2D eigenvalue weighted by atomic mass is 16.3. The predicted octanol–water partition coefficient (Wildman–Crippen LogP) is 13.2. The molecule has 0 aliphatic carbocycles. The normalized spacial score (nSPS) is 11.6. The van der Waals surface area contributed by atoms with Crippen LogP contribution in [-0.4, -0.2) is 19.5 Å². The molecule has 5 heteroatoms. The van der Waals surface area contributed by atoms with Gasteiger partial charge in [0, 0.05) is 38.4 Å². The van der Waals surface area contributed by atoms with Crippen molar-refractivity contribution in [1.82, 2.24) is 19.5 Å². The Kier molecular flexibility index (Phi) is 7.42. The highest BCUT2D eigenvalue weighted by Gasteiger charge is 2.21. The van der Waals surface area contributed by atoms with E-state index in [9.17, 15) is 0 Å². The molecule has 0 atom stereocenters. The monoisotopic (exact) mass is 716 g/mol. The summed E-state index contributed by atoms with van der Waals surface area (Å²) in [5.74, 6) is 1.76. The molecule has 3 heterocycles. The van der Waals surface area contributed by atoms with E-state index >= 15 is 0 Å². The number of fused-ring (bicyclic) bond motifs is 6. The lowest BCUT2D eigenvalue weighted by molar-refractivity contribution is 0.669. The number of rotatable bonds is 6. The van der Waals surface area contributed by atoms with Gasteiger partial charge in [0.2, 0.25) is 0 Å². The summed E-state index contributed by atoms with van der Waals surface area (Å²) in [6.45, 7) is 0. The molecular weight excluding hydrogens is 685 g/mol. The first kappa shape index (κ1) is 31.9. The van der Waals surface area contributed by atoms with Gasteiger partial charge in [-0.25, -0.2) is 15.0 Å². The molecule has 0 aliphatic heterocycles. The zero-order valence-electron chi connectivity index (χ0n) is 30.2. The van der Waals surface area contributed by atoms with Crippen LogP contribution in [0.4, 0.5) is 0 Å². The van der Waals surface area contributed by atoms with Crippen LogP contribution in [0, 0.1) is 0 Å². The van der Waals surface area contributed by atoms with Gasteiger partial charge in [-0.3, -0.25) is 0 Å². The van der Waals surface area contributed by atoms with Gasteiger partial charge in [-0.1, -0.05) is 146 Å². The van der Waals surface area contributed by atoms with E-state index in [0.29, 0.717) is 17.5 Å². The fourth-order valence-electron chi connectivity index (χ4n) is 8.07. The number of aromatic nitrogens is 4. The molecule has 0 N–H and O–H groups in total. The topological polar surface area (TPSA) is 56.7 Å². The van der Waals surface area contributed by atoms with Gasteiger partial charge in [0.25, 0.3) is 0 Å². The van der Waals surface area contributed by atoms with Crippen LogP contribution in [0.2, 0.25) is 0 Å². The van der Waals surface area contributed by atoms with E-state index in [2.05, 4.69) is 150 Å². The Balaban J connectivity index is 1.09. The van der Waals surface area contributed by atoms with Crippen LogP contribution in [0.25, 0.3) is 106 Å². The SMILES string of the molecule is c1ccc(-c2cccc(-c3nc(-c4ccccc4)nc(-c4cccc5c4oc4cccc(-c6ccc7c(c6)c6ccccc6n7-c6ccccc6)c45)n3)c2)cc1. The molecule has 0 amide bonds. The second-order valence-electron chi connectivity index (χ2n) is 14.0. The molecule has 0 saturated carbocycles. The average Bonchev–Trinajstić information content (AvgIpc) is 3.83. The fraction of sp³-hybridized carbons (Fsp3) is 0. The highest BCUT2D eigenvalue weighted by molar-refractivity contribution is 6.17. The van der Waals surface area contributed by atoms with Gasteiger partial charge >= 0.3 is 0 Å². The molecule has 0 unspecified atom stereocenters. The standard InChI is InChI=1S/C51H32N4O/c1-4-15-33(16-5-1)35-19-12-20-37(31-35)50-52-49(34-17-6-2-7-18-34)53-51(54-50)42-26-13-25-41-47-39(24-14-28-46(47)56-48(41)42)36-29-30-45-43(32-36)40-23-10-11-27-44(40)55(45)38-21-8-3-9-22-38/h1-32H.